The minimum Gasteiger partial charge on any atom is -0.309 e. The zero-order valence-corrected chi connectivity index (χ0v) is 42.2. The lowest BCUT2D eigenvalue weighted by molar-refractivity contribution is 1.06. The van der Waals surface area contributed by atoms with Gasteiger partial charge in [0, 0.05) is 82.5 Å². The van der Waals surface area contributed by atoms with E-state index in [0.717, 1.165) is 89.1 Å². The van der Waals surface area contributed by atoms with E-state index < -0.39 is 0 Å². The van der Waals surface area contributed by atoms with Crippen molar-refractivity contribution >= 4 is 93.3 Å². The molecule has 5 aromatic heterocycles. The summed E-state index contributed by atoms with van der Waals surface area (Å²) in [5.41, 5.74) is 16.4. The van der Waals surface area contributed by atoms with Crippen LogP contribution in [0, 0.1) is 0 Å². The molecule has 5 heterocycles. The van der Waals surface area contributed by atoms with Crippen molar-refractivity contribution in [3.63, 3.8) is 0 Å². The van der Waals surface area contributed by atoms with Gasteiger partial charge in [-0.1, -0.05) is 183 Å². The van der Waals surface area contributed by atoms with E-state index >= 15 is 0 Å². The molecule has 0 N–H and O–H groups in total. The molecule has 0 fully saturated rings. The maximum Gasteiger partial charge on any atom is 0.164 e. The minimum atomic E-state index is 0.549. The number of fused-ring (bicyclic) bond motifs is 12. The maximum absolute atomic E-state index is 5.65. The average molecular weight is 996 g/mol. The second-order valence-electron chi connectivity index (χ2n) is 20.1. The molecular weight excluding hydrogens is 951 g/mol. The van der Waals surface area contributed by atoms with Gasteiger partial charge in [-0.3, -0.25) is 0 Å². The topological polar surface area (TPSA) is 58.4 Å². The first-order valence-corrected chi connectivity index (χ1v) is 26.4. The van der Waals surface area contributed by atoms with Crippen LogP contribution in [0.25, 0.3) is 150 Å². The number of para-hydroxylation sites is 8. The molecule has 0 aliphatic rings. The fourth-order valence-electron chi connectivity index (χ4n) is 12.3. The first kappa shape index (κ1) is 43.7. The van der Waals surface area contributed by atoms with Crippen molar-refractivity contribution in [2.24, 2.45) is 0 Å². The van der Waals surface area contributed by atoms with Crippen LogP contribution in [-0.2, 0) is 0 Å². The van der Waals surface area contributed by atoms with Gasteiger partial charge in [-0.05, 0) is 90.5 Å². The van der Waals surface area contributed by atoms with Crippen LogP contribution in [0.15, 0.2) is 261 Å². The van der Waals surface area contributed by atoms with Gasteiger partial charge in [0.25, 0.3) is 0 Å². The summed E-state index contributed by atoms with van der Waals surface area (Å²) in [6, 6.07) is 91.3. The molecule has 7 heteroatoms. The molecule has 16 aromatic rings. The van der Waals surface area contributed by atoms with E-state index in [2.05, 4.69) is 280 Å². The van der Waals surface area contributed by atoms with E-state index in [0.29, 0.717) is 17.5 Å². The third-order valence-electron chi connectivity index (χ3n) is 15.7. The van der Waals surface area contributed by atoms with Crippen LogP contribution < -0.4 is 0 Å². The Balaban J connectivity index is 1.01. The van der Waals surface area contributed by atoms with Gasteiger partial charge in [-0.25, -0.2) is 15.0 Å². The second-order valence-corrected chi connectivity index (χ2v) is 20.1. The van der Waals surface area contributed by atoms with Crippen molar-refractivity contribution in [3.05, 3.63) is 267 Å². The molecule has 78 heavy (non-hydrogen) atoms. The fraction of sp³-hybridized carbons (Fsp3) is 0. The number of aromatic nitrogens is 7. The average Bonchev–Trinajstić information content (AvgIpc) is 4.28. The summed E-state index contributed by atoms with van der Waals surface area (Å²) in [6.07, 6.45) is 1.86. The first-order valence-electron chi connectivity index (χ1n) is 26.4. The van der Waals surface area contributed by atoms with Crippen LogP contribution in [-0.4, -0.2) is 33.2 Å². The molecule has 16 rings (SSSR count). The first-order chi connectivity index (χ1) is 38.6. The molecule has 11 aromatic carbocycles. The van der Waals surface area contributed by atoms with Gasteiger partial charge in [-0.15, -0.1) is 0 Å². The highest BCUT2D eigenvalue weighted by atomic mass is 15.1. The second kappa shape index (κ2) is 17.2. The third-order valence-corrected chi connectivity index (χ3v) is 15.7. The van der Waals surface area contributed by atoms with Crippen LogP contribution in [0.4, 0.5) is 0 Å². The Labute approximate surface area is 448 Å². The van der Waals surface area contributed by atoms with Gasteiger partial charge in [0.1, 0.15) is 0 Å². The Morgan fingerprint density at radius 3 is 0.692 bits per heavy atom. The van der Waals surface area contributed by atoms with Crippen molar-refractivity contribution in [1.82, 2.24) is 33.2 Å². The van der Waals surface area contributed by atoms with Crippen molar-refractivity contribution in [1.29, 1.82) is 0 Å². The van der Waals surface area contributed by atoms with E-state index in [1.165, 1.54) is 43.1 Å². The maximum atomic E-state index is 5.65. The quantitative estimate of drug-likeness (QED) is 0.152. The number of hydrogen-bond acceptors (Lipinski definition) is 3. The molecule has 0 amide bonds. The molecule has 0 spiro atoms. The minimum absolute atomic E-state index is 0.549. The van der Waals surface area contributed by atoms with E-state index in [-0.39, 0.29) is 0 Å². The van der Waals surface area contributed by atoms with Crippen LogP contribution in [0.5, 0.6) is 0 Å². The van der Waals surface area contributed by atoms with E-state index in [9.17, 15) is 0 Å². The number of hydrogen-bond donors (Lipinski definition) is 0. The molecular formula is C71H45N7. The lowest BCUT2D eigenvalue weighted by Crippen LogP contribution is -2.05. The van der Waals surface area contributed by atoms with Crippen molar-refractivity contribution in [2.75, 3.05) is 0 Å². The molecule has 0 bridgehead atoms. The molecule has 0 atom stereocenters. The molecule has 0 aliphatic heterocycles. The number of rotatable bonds is 8. The lowest BCUT2D eigenvalue weighted by atomic mass is 10.1. The summed E-state index contributed by atoms with van der Waals surface area (Å²) in [4.78, 5) is 16.6. The zero-order valence-electron chi connectivity index (χ0n) is 42.2. The molecule has 0 saturated heterocycles. The van der Waals surface area contributed by atoms with Gasteiger partial charge in [0.2, 0.25) is 0 Å². The third kappa shape index (κ3) is 6.68. The van der Waals surface area contributed by atoms with E-state index in [1.807, 2.05) is 6.08 Å². The van der Waals surface area contributed by atoms with Gasteiger partial charge < -0.3 is 18.3 Å². The monoisotopic (exact) mass is 995 g/mol. The Morgan fingerprint density at radius 2 is 0.462 bits per heavy atom. The van der Waals surface area contributed by atoms with Crippen LogP contribution in [0.3, 0.4) is 0 Å². The summed E-state index contributed by atoms with van der Waals surface area (Å²) in [5.74, 6) is 1.66. The highest BCUT2D eigenvalue weighted by molar-refractivity contribution is 6.13. The standard InChI is InChI=1S/C71H45N7/c1-2-45-35-37-46(38-36-45)69-72-70(47-39-49(75-61-27-11-3-19-53(61)54-20-4-12-28-62(54)75)43-50(40-47)76-63-29-13-5-21-55(63)56-22-6-14-30-64(56)76)74-71(73-69)48-41-51(77-65-31-15-7-23-57(65)58-24-8-16-32-66(58)77)44-52(42-48)78-67-33-17-9-25-59(67)60-26-10-18-34-68(60)78/h2-44H,1H2. The Bertz CT molecular complexity index is 4350. The normalized spacial score (nSPS) is 11.9. The summed E-state index contributed by atoms with van der Waals surface area (Å²) >= 11 is 0. The Hall–Kier alpha value is -10.6. The van der Waals surface area contributed by atoms with Crippen LogP contribution >= 0.6 is 0 Å². The Morgan fingerprint density at radius 1 is 0.244 bits per heavy atom. The smallest absolute Gasteiger partial charge is 0.164 e. The van der Waals surface area contributed by atoms with E-state index in [1.54, 1.807) is 0 Å². The van der Waals surface area contributed by atoms with Crippen molar-refractivity contribution in [3.8, 4) is 56.9 Å². The van der Waals surface area contributed by atoms with Gasteiger partial charge >= 0.3 is 0 Å². The molecule has 0 saturated carbocycles. The van der Waals surface area contributed by atoms with Crippen LogP contribution in [0.2, 0.25) is 0 Å². The highest BCUT2D eigenvalue weighted by Crippen LogP contribution is 2.41. The predicted octanol–water partition coefficient (Wildman–Crippen LogP) is 17.9. The van der Waals surface area contributed by atoms with Gasteiger partial charge in [-0.2, -0.15) is 0 Å². The summed E-state index contributed by atoms with van der Waals surface area (Å²) in [5, 5.41) is 9.49. The summed E-state index contributed by atoms with van der Waals surface area (Å²) in [7, 11) is 0. The largest absolute Gasteiger partial charge is 0.309 e. The summed E-state index contributed by atoms with van der Waals surface area (Å²) < 4.78 is 9.54. The summed E-state index contributed by atoms with van der Waals surface area (Å²) in [6.45, 7) is 4.06. The van der Waals surface area contributed by atoms with E-state index in [4.69, 9.17) is 15.0 Å². The molecule has 7 nitrogen and oxygen atoms in total. The van der Waals surface area contributed by atoms with Crippen molar-refractivity contribution in [2.45, 2.75) is 0 Å². The SMILES string of the molecule is C=Cc1ccc(-c2nc(-c3cc(-n4c5ccccc5c5ccccc54)cc(-n4c5ccccc5c5ccccc54)c3)nc(-c3cc(-n4c5ccccc5c5ccccc54)cc(-n4c5ccccc5c5ccccc54)c3)n2)cc1. The van der Waals surface area contributed by atoms with Crippen LogP contribution in [0.1, 0.15) is 5.56 Å². The highest BCUT2D eigenvalue weighted by Gasteiger charge is 2.22. The number of nitrogens with zero attached hydrogens (tertiary/aromatic N) is 7. The van der Waals surface area contributed by atoms with Gasteiger partial charge in [0.05, 0.1) is 44.1 Å². The predicted molar refractivity (Wildman–Crippen MR) is 324 cm³/mol. The molecule has 364 valence electrons. The lowest BCUT2D eigenvalue weighted by Gasteiger charge is -2.17. The van der Waals surface area contributed by atoms with Gasteiger partial charge in [0.15, 0.2) is 17.5 Å². The zero-order chi connectivity index (χ0) is 51.4. The molecule has 0 aliphatic carbocycles. The fourth-order valence-corrected chi connectivity index (χ4v) is 12.3. The van der Waals surface area contributed by atoms with Crippen molar-refractivity contribution < 1.29 is 0 Å². The Kier molecular flexibility index (Phi) is 9.65. The number of benzene rings is 11. The molecule has 0 unspecified atom stereocenters. The molecule has 0 radical (unpaired) electrons.